The van der Waals surface area contributed by atoms with Crippen LogP contribution in [-0.2, 0) is 0 Å². The summed E-state index contributed by atoms with van der Waals surface area (Å²) in [5.74, 6) is 1.37. The molecule has 1 N–H and O–H groups in total. The maximum absolute atomic E-state index is 9.70. The van der Waals surface area contributed by atoms with Gasteiger partial charge in [0.2, 0.25) is 0 Å². The number of aliphatic hydroxyl groups is 1. The van der Waals surface area contributed by atoms with Crippen molar-refractivity contribution in [1.82, 2.24) is 4.90 Å². The molecule has 0 aromatic rings. The minimum Gasteiger partial charge on any atom is -0.393 e. The molecule has 0 heterocycles. The van der Waals surface area contributed by atoms with Gasteiger partial charge >= 0.3 is 0 Å². The first-order valence-corrected chi connectivity index (χ1v) is 6.46. The summed E-state index contributed by atoms with van der Waals surface area (Å²) in [5.41, 5.74) is 0. The molecule has 2 nitrogen and oxygen atoms in total. The highest BCUT2D eigenvalue weighted by Crippen LogP contribution is 2.28. The quantitative estimate of drug-likeness (QED) is 0.733. The highest BCUT2D eigenvalue weighted by molar-refractivity contribution is 4.77. The second-order valence-corrected chi connectivity index (χ2v) is 5.53. The van der Waals surface area contributed by atoms with E-state index in [4.69, 9.17) is 0 Å². The molecule has 0 radical (unpaired) electrons. The van der Waals surface area contributed by atoms with Crippen LogP contribution >= 0.6 is 0 Å². The molecule has 0 bridgehead atoms. The fourth-order valence-electron chi connectivity index (χ4n) is 2.33. The van der Waals surface area contributed by atoms with Gasteiger partial charge in [0.05, 0.1) is 6.10 Å². The van der Waals surface area contributed by atoms with Gasteiger partial charge in [-0.3, -0.25) is 0 Å². The Morgan fingerprint density at radius 2 is 2.00 bits per heavy atom. The molecule has 2 atom stereocenters. The lowest BCUT2D eigenvalue weighted by atomic mass is 10.0. The molecule has 0 amide bonds. The molecule has 0 aromatic carbocycles. The van der Waals surface area contributed by atoms with E-state index in [-0.39, 0.29) is 6.10 Å². The lowest BCUT2D eigenvalue weighted by molar-refractivity contribution is 0.120. The molecule has 1 fully saturated rings. The maximum atomic E-state index is 9.70. The van der Waals surface area contributed by atoms with Crippen molar-refractivity contribution in [3.8, 4) is 0 Å². The monoisotopic (exact) mass is 213 g/mol. The third-order valence-electron chi connectivity index (χ3n) is 3.59. The van der Waals surface area contributed by atoms with E-state index in [0.717, 1.165) is 18.9 Å². The highest BCUT2D eigenvalue weighted by atomic mass is 16.3. The van der Waals surface area contributed by atoms with Gasteiger partial charge in [-0.15, -0.1) is 0 Å². The van der Waals surface area contributed by atoms with Crippen LogP contribution in [0.25, 0.3) is 0 Å². The summed E-state index contributed by atoms with van der Waals surface area (Å²) in [5, 5.41) is 9.70. The van der Waals surface area contributed by atoms with Gasteiger partial charge in [-0.25, -0.2) is 0 Å². The van der Waals surface area contributed by atoms with Crippen LogP contribution in [0.5, 0.6) is 0 Å². The highest BCUT2D eigenvalue weighted by Gasteiger charge is 2.24. The lowest BCUT2D eigenvalue weighted by Crippen LogP contribution is -2.25. The van der Waals surface area contributed by atoms with E-state index >= 15 is 0 Å². The molecule has 2 unspecified atom stereocenters. The van der Waals surface area contributed by atoms with Gasteiger partial charge < -0.3 is 10.0 Å². The minimum atomic E-state index is -0.0106. The number of rotatable bonds is 6. The Morgan fingerprint density at radius 3 is 2.53 bits per heavy atom. The van der Waals surface area contributed by atoms with Gasteiger partial charge in [0.1, 0.15) is 0 Å². The van der Waals surface area contributed by atoms with Crippen LogP contribution in [0.1, 0.15) is 46.0 Å². The zero-order valence-electron chi connectivity index (χ0n) is 10.6. The van der Waals surface area contributed by atoms with Crippen molar-refractivity contribution in [1.29, 1.82) is 0 Å². The van der Waals surface area contributed by atoms with Crippen molar-refractivity contribution in [3.63, 3.8) is 0 Å². The van der Waals surface area contributed by atoms with Gasteiger partial charge in [-0.05, 0) is 57.7 Å². The molecule has 1 rings (SSSR count). The van der Waals surface area contributed by atoms with Crippen LogP contribution in [0.2, 0.25) is 0 Å². The van der Waals surface area contributed by atoms with E-state index in [1.807, 2.05) is 0 Å². The molecule has 1 aliphatic rings. The topological polar surface area (TPSA) is 23.5 Å². The van der Waals surface area contributed by atoms with E-state index in [2.05, 4.69) is 25.8 Å². The van der Waals surface area contributed by atoms with E-state index in [0.29, 0.717) is 5.92 Å². The molecule has 0 aliphatic heterocycles. The van der Waals surface area contributed by atoms with Crippen molar-refractivity contribution in [2.45, 2.75) is 52.1 Å². The standard InChI is InChI=1S/C13H27NO/c1-11(2)7-9-14(3)10-8-12-5-4-6-13(12)15/h11-13,15H,4-10H2,1-3H3. The summed E-state index contributed by atoms with van der Waals surface area (Å²) >= 11 is 0. The number of hydrogen-bond acceptors (Lipinski definition) is 2. The van der Waals surface area contributed by atoms with Crippen LogP contribution in [0.15, 0.2) is 0 Å². The Balaban J connectivity index is 2.08. The molecule has 2 heteroatoms. The molecule has 1 saturated carbocycles. The van der Waals surface area contributed by atoms with Crippen molar-refractivity contribution in [2.75, 3.05) is 20.1 Å². The fraction of sp³-hybridized carbons (Fsp3) is 1.00. The van der Waals surface area contributed by atoms with Gasteiger partial charge in [-0.1, -0.05) is 20.3 Å². The Bertz CT molecular complexity index is 170. The molecular weight excluding hydrogens is 186 g/mol. The van der Waals surface area contributed by atoms with Crippen LogP contribution in [0.3, 0.4) is 0 Å². The Labute approximate surface area is 94.7 Å². The van der Waals surface area contributed by atoms with E-state index in [1.165, 1.54) is 32.2 Å². The van der Waals surface area contributed by atoms with Gasteiger partial charge in [-0.2, -0.15) is 0 Å². The van der Waals surface area contributed by atoms with Crippen LogP contribution in [0.4, 0.5) is 0 Å². The molecule has 1 aliphatic carbocycles. The first-order chi connectivity index (χ1) is 7.09. The van der Waals surface area contributed by atoms with Crippen LogP contribution in [0, 0.1) is 11.8 Å². The molecule has 15 heavy (non-hydrogen) atoms. The van der Waals surface area contributed by atoms with Gasteiger partial charge in [0.25, 0.3) is 0 Å². The fourth-order valence-corrected chi connectivity index (χ4v) is 2.33. The summed E-state index contributed by atoms with van der Waals surface area (Å²) < 4.78 is 0. The largest absolute Gasteiger partial charge is 0.393 e. The van der Waals surface area contributed by atoms with Crippen molar-refractivity contribution in [2.24, 2.45) is 11.8 Å². The zero-order chi connectivity index (χ0) is 11.3. The molecule has 0 saturated heterocycles. The summed E-state index contributed by atoms with van der Waals surface area (Å²) in [6, 6.07) is 0. The van der Waals surface area contributed by atoms with Gasteiger partial charge in [0, 0.05) is 0 Å². The summed E-state index contributed by atoms with van der Waals surface area (Å²) in [6.07, 6.45) is 5.93. The molecule has 0 aromatic heterocycles. The van der Waals surface area contributed by atoms with Gasteiger partial charge in [0.15, 0.2) is 0 Å². The second-order valence-electron chi connectivity index (χ2n) is 5.53. The van der Waals surface area contributed by atoms with E-state index in [1.54, 1.807) is 0 Å². The summed E-state index contributed by atoms with van der Waals surface area (Å²) in [6.45, 7) is 6.89. The summed E-state index contributed by atoms with van der Waals surface area (Å²) in [7, 11) is 2.20. The Kier molecular flexibility index (Phi) is 5.62. The van der Waals surface area contributed by atoms with Crippen LogP contribution in [-0.4, -0.2) is 36.2 Å². The lowest BCUT2D eigenvalue weighted by Gasteiger charge is -2.21. The predicted octanol–water partition coefficient (Wildman–Crippen LogP) is 2.52. The normalized spacial score (nSPS) is 26.8. The van der Waals surface area contributed by atoms with Crippen LogP contribution < -0.4 is 0 Å². The third-order valence-corrected chi connectivity index (χ3v) is 3.59. The van der Waals surface area contributed by atoms with E-state index in [9.17, 15) is 5.11 Å². The number of hydrogen-bond donors (Lipinski definition) is 1. The maximum Gasteiger partial charge on any atom is 0.0568 e. The second kappa shape index (κ2) is 6.49. The predicted molar refractivity (Wildman–Crippen MR) is 64.9 cm³/mol. The average Bonchev–Trinajstić information content (AvgIpc) is 2.58. The first-order valence-electron chi connectivity index (χ1n) is 6.46. The van der Waals surface area contributed by atoms with E-state index < -0.39 is 0 Å². The van der Waals surface area contributed by atoms with Crippen molar-refractivity contribution < 1.29 is 5.11 Å². The first kappa shape index (κ1) is 13.0. The van der Waals surface area contributed by atoms with Crippen molar-refractivity contribution in [3.05, 3.63) is 0 Å². The minimum absolute atomic E-state index is 0.0106. The zero-order valence-corrected chi connectivity index (χ0v) is 10.6. The Morgan fingerprint density at radius 1 is 1.27 bits per heavy atom. The number of nitrogens with zero attached hydrogens (tertiary/aromatic N) is 1. The molecule has 0 spiro atoms. The molecular formula is C13H27NO. The van der Waals surface area contributed by atoms with Crippen molar-refractivity contribution >= 4 is 0 Å². The SMILES string of the molecule is CC(C)CCN(C)CCC1CCCC1O. The Hall–Kier alpha value is -0.0800. The average molecular weight is 213 g/mol. The number of aliphatic hydroxyl groups excluding tert-OH is 1. The molecule has 90 valence electrons. The third kappa shape index (κ3) is 4.98. The smallest absolute Gasteiger partial charge is 0.0568 e. The summed E-state index contributed by atoms with van der Waals surface area (Å²) in [4.78, 5) is 2.41.